The van der Waals surface area contributed by atoms with Gasteiger partial charge in [0.15, 0.2) is 0 Å². The first-order valence-corrected chi connectivity index (χ1v) is 7.77. The normalized spacial score (nSPS) is 43.8. The van der Waals surface area contributed by atoms with Gasteiger partial charge in [0.2, 0.25) is 0 Å². The van der Waals surface area contributed by atoms with E-state index in [4.69, 9.17) is 10.5 Å². The molecule has 3 aliphatic rings. The molecule has 2 N–H and O–H groups in total. The molecule has 0 saturated heterocycles. The van der Waals surface area contributed by atoms with Gasteiger partial charge >= 0.3 is 5.97 Å². The smallest absolute Gasteiger partial charge is 0.306 e. The molecule has 3 rings (SSSR count). The monoisotopic (exact) mass is 265 g/mol. The summed E-state index contributed by atoms with van der Waals surface area (Å²) < 4.78 is 5.53. The highest BCUT2D eigenvalue weighted by Crippen LogP contribution is 2.70. The van der Waals surface area contributed by atoms with Crippen molar-refractivity contribution >= 4 is 5.97 Å². The molecular weight excluding hydrogens is 238 g/mol. The Morgan fingerprint density at radius 2 is 2.00 bits per heavy atom. The minimum absolute atomic E-state index is 0.0493. The second kappa shape index (κ2) is 4.21. The van der Waals surface area contributed by atoms with Crippen LogP contribution in [-0.4, -0.2) is 18.1 Å². The molecule has 2 bridgehead atoms. The third kappa shape index (κ3) is 2.01. The summed E-state index contributed by atoms with van der Waals surface area (Å²) in [7, 11) is 0. The molecule has 3 nitrogen and oxygen atoms in total. The van der Waals surface area contributed by atoms with Crippen LogP contribution in [0.25, 0.3) is 0 Å². The predicted molar refractivity (Wildman–Crippen MR) is 74.4 cm³/mol. The second-order valence-corrected chi connectivity index (χ2v) is 7.99. The van der Waals surface area contributed by atoms with Gasteiger partial charge in [0.05, 0.1) is 6.42 Å². The fourth-order valence-electron chi connectivity index (χ4n) is 5.30. The maximum Gasteiger partial charge on any atom is 0.306 e. The Bertz CT molecular complexity index is 379. The van der Waals surface area contributed by atoms with Crippen LogP contribution in [-0.2, 0) is 9.53 Å². The molecule has 3 aliphatic carbocycles. The fourth-order valence-corrected chi connectivity index (χ4v) is 5.30. The van der Waals surface area contributed by atoms with Gasteiger partial charge in [-0.1, -0.05) is 6.42 Å². The largest absolute Gasteiger partial charge is 0.460 e. The van der Waals surface area contributed by atoms with Crippen LogP contribution in [0.4, 0.5) is 0 Å². The van der Waals surface area contributed by atoms with Crippen molar-refractivity contribution in [1.29, 1.82) is 0 Å². The standard InChI is InChI=1S/C16H27NO2/c1-15(2,3)19-14(18)8-16(9-17)12-5-4-10-6-11(12)13(16)7-10/h10-13H,4-9,17H2,1-3H3/t10-,11-,12+,13-,16+/m0/s1. The molecule has 3 heteroatoms. The zero-order valence-corrected chi connectivity index (χ0v) is 12.4. The number of fused-ring (bicyclic) bond motifs is 1. The molecule has 0 spiro atoms. The first kappa shape index (κ1) is 13.4. The predicted octanol–water partition coefficient (Wildman–Crippen LogP) is 2.73. The van der Waals surface area contributed by atoms with Crippen LogP contribution in [0.3, 0.4) is 0 Å². The molecule has 0 aliphatic heterocycles. The van der Waals surface area contributed by atoms with E-state index in [1.54, 1.807) is 0 Å². The van der Waals surface area contributed by atoms with Crippen LogP contribution in [0.5, 0.6) is 0 Å². The molecule has 0 unspecified atom stereocenters. The Morgan fingerprint density at radius 1 is 1.26 bits per heavy atom. The number of hydrogen-bond donors (Lipinski definition) is 1. The van der Waals surface area contributed by atoms with Gasteiger partial charge in [-0.25, -0.2) is 0 Å². The summed E-state index contributed by atoms with van der Waals surface area (Å²) in [6.45, 7) is 6.46. The number of carbonyl (C=O) groups is 1. The van der Waals surface area contributed by atoms with Crippen molar-refractivity contribution in [3.63, 3.8) is 0 Å². The van der Waals surface area contributed by atoms with Crippen molar-refractivity contribution in [3.8, 4) is 0 Å². The van der Waals surface area contributed by atoms with Gasteiger partial charge in [0.25, 0.3) is 0 Å². The first-order chi connectivity index (χ1) is 8.86. The Kier molecular flexibility index (Phi) is 2.97. The maximum atomic E-state index is 12.2. The van der Waals surface area contributed by atoms with Gasteiger partial charge in [-0.2, -0.15) is 0 Å². The first-order valence-electron chi connectivity index (χ1n) is 7.77. The third-order valence-electron chi connectivity index (χ3n) is 5.86. The van der Waals surface area contributed by atoms with Crippen molar-refractivity contribution in [1.82, 2.24) is 0 Å². The lowest BCUT2D eigenvalue weighted by atomic mass is 9.45. The summed E-state index contributed by atoms with van der Waals surface area (Å²) in [4.78, 5) is 12.2. The van der Waals surface area contributed by atoms with E-state index in [-0.39, 0.29) is 17.0 Å². The molecule has 108 valence electrons. The van der Waals surface area contributed by atoms with E-state index >= 15 is 0 Å². The average Bonchev–Trinajstić information content (AvgIpc) is 2.48. The summed E-state index contributed by atoms with van der Waals surface area (Å²) in [5.74, 6) is 3.12. The molecule has 0 aromatic carbocycles. The number of esters is 1. The zero-order chi connectivity index (χ0) is 13.8. The highest BCUT2D eigenvalue weighted by molar-refractivity contribution is 5.71. The van der Waals surface area contributed by atoms with Crippen molar-refractivity contribution in [2.24, 2.45) is 34.8 Å². The van der Waals surface area contributed by atoms with Gasteiger partial charge in [-0.15, -0.1) is 0 Å². The average molecular weight is 265 g/mol. The van der Waals surface area contributed by atoms with Crippen molar-refractivity contribution in [2.75, 3.05) is 6.54 Å². The number of nitrogens with two attached hydrogens (primary N) is 1. The molecule has 3 saturated carbocycles. The van der Waals surface area contributed by atoms with E-state index in [1.807, 2.05) is 20.8 Å². The van der Waals surface area contributed by atoms with Crippen LogP contribution in [0, 0.1) is 29.1 Å². The minimum Gasteiger partial charge on any atom is -0.460 e. The topological polar surface area (TPSA) is 52.3 Å². The van der Waals surface area contributed by atoms with Gasteiger partial charge in [0.1, 0.15) is 5.60 Å². The zero-order valence-electron chi connectivity index (χ0n) is 12.4. The summed E-state index contributed by atoms with van der Waals surface area (Å²) >= 11 is 0. The van der Waals surface area contributed by atoms with Gasteiger partial charge < -0.3 is 10.5 Å². The van der Waals surface area contributed by atoms with E-state index in [9.17, 15) is 4.79 Å². The van der Waals surface area contributed by atoms with Crippen molar-refractivity contribution < 1.29 is 9.53 Å². The number of hydrogen-bond acceptors (Lipinski definition) is 3. The van der Waals surface area contributed by atoms with Crippen molar-refractivity contribution in [3.05, 3.63) is 0 Å². The summed E-state index contributed by atoms with van der Waals surface area (Å²) in [6.07, 6.45) is 5.88. The summed E-state index contributed by atoms with van der Waals surface area (Å²) in [6, 6.07) is 0. The number of rotatable bonds is 3. The molecular formula is C16H27NO2. The van der Waals surface area contributed by atoms with Gasteiger partial charge in [0, 0.05) is 0 Å². The molecule has 5 atom stereocenters. The van der Waals surface area contributed by atoms with Crippen LogP contribution in [0.15, 0.2) is 0 Å². The number of ether oxygens (including phenoxy) is 1. The van der Waals surface area contributed by atoms with Crippen LogP contribution >= 0.6 is 0 Å². The summed E-state index contributed by atoms with van der Waals surface area (Å²) in [5.41, 5.74) is 5.80. The van der Waals surface area contributed by atoms with Crippen LogP contribution < -0.4 is 5.73 Å². The Hall–Kier alpha value is -0.570. The molecule has 0 aromatic heterocycles. The second-order valence-electron chi connectivity index (χ2n) is 7.99. The van der Waals surface area contributed by atoms with Crippen molar-refractivity contribution in [2.45, 2.75) is 58.5 Å². The Balaban J connectivity index is 1.73. The SMILES string of the molecule is CC(C)(C)OC(=O)C[C@@]1(CN)[C@@H]2CC[C@H]3C[C@@H]2[C@@H]1C3. The molecule has 0 aromatic rings. The third-order valence-corrected chi connectivity index (χ3v) is 5.86. The van der Waals surface area contributed by atoms with E-state index in [0.29, 0.717) is 24.8 Å². The molecule has 19 heavy (non-hydrogen) atoms. The van der Waals surface area contributed by atoms with E-state index in [2.05, 4.69) is 0 Å². The summed E-state index contributed by atoms with van der Waals surface area (Å²) in [5, 5.41) is 0. The quantitative estimate of drug-likeness (QED) is 0.798. The number of carbonyl (C=O) groups excluding carboxylic acids is 1. The lowest BCUT2D eigenvalue weighted by Crippen LogP contribution is -2.59. The molecule has 3 fully saturated rings. The Morgan fingerprint density at radius 3 is 2.63 bits per heavy atom. The Labute approximate surface area is 116 Å². The molecule has 0 heterocycles. The van der Waals surface area contributed by atoms with Gasteiger partial charge in [-0.05, 0) is 75.7 Å². The lowest BCUT2D eigenvalue weighted by molar-refractivity contribution is -0.171. The van der Waals surface area contributed by atoms with E-state index < -0.39 is 0 Å². The highest BCUT2D eigenvalue weighted by Gasteiger charge is 2.66. The van der Waals surface area contributed by atoms with Crippen LogP contribution in [0.2, 0.25) is 0 Å². The van der Waals surface area contributed by atoms with Gasteiger partial charge in [-0.3, -0.25) is 4.79 Å². The molecule has 0 radical (unpaired) electrons. The maximum absolute atomic E-state index is 12.2. The highest BCUT2D eigenvalue weighted by atomic mass is 16.6. The fraction of sp³-hybridized carbons (Fsp3) is 0.938. The van der Waals surface area contributed by atoms with Crippen LogP contribution in [0.1, 0.15) is 52.9 Å². The van der Waals surface area contributed by atoms with E-state index in [1.165, 1.54) is 25.7 Å². The lowest BCUT2D eigenvalue weighted by Gasteiger charge is -2.59. The van der Waals surface area contributed by atoms with E-state index in [0.717, 1.165) is 11.8 Å². The minimum atomic E-state index is -0.385. The molecule has 0 amide bonds.